The van der Waals surface area contributed by atoms with E-state index in [9.17, 15) is 14.4 Å². The van der Waals surface area contributed by atoms with Gasteiger partial charge < -0.3 is 15.5 Å². The first kappa shape index (κ1) is 20.1. The molecule has 1 atom stereocenters. The molecule has 2 N–H and O–H groups in total. The smallest absolute Gasteiger partial charge is 0.254 e. The minimum absolute atomic E-state index is 0.0147. The largest absolute Gasteiger partial charge is 0.368 e. The van der Waals surface area contributed by atoms with E-state index >= 15 is 0 Å². The predicted octanol–water partition coefficient (Wildman–Crippen LogP) is 2.29. The van der Waals surface area contributed by atoms with Crippen molar-refractivity contribution in [3.8, 4) is 0 Å². The molecule has 6 nitrogen and oxygen atoms in total. The van der Waals surface area contributed by atoms with Crippen LogP contribution in [0.15, 0.2) is 48.5 Å². The van der Waals surface area contributed by atoms with Gasteiger partial charge in [0.15, 0.2) is 0 Å². The summed E-state index contributed by atoms with van der Waals surface area (Å²) in [5.74, 6) is -0.680. The number of carbonyl (C=O) groups is 3. The summed E-state index contributed by atoms with van der Waals surface area (Å²) in [5.41, 5.74) is 9.44. The number of aryl methyl sites for hydroxylation is 1. The molecule has 6 heteroatoms. The molecule has 0 spiro atoms. The van der Waals surface area contributed by atoms with Crippen molar-refractivity contribution in [1.82, 2.24) is 9.80 Å². The maximum absolute atomic E-state index is 13.3. The maximum atomic E-state index is 13.3. The summed E-state index contributed by atoms with van der Waals surface area (Å²) in [4.78, 5) is 41.7. The van der Waals surface area contributed by atoms with Crippen LogP contribution in [-0.4, -0.2) is 46.7 Å². The van der Waals surface area contributed by atoms with E-state index in [0.717, 1.165) is 16.7 Å². The Morgan fingerprint density at radius 1 is 0.933 bits per heavy atom. The fraction of sp³-hybridized carbons (Fsp3) is 0.375. The monoisotopic (exact) mass is 405 g/mol. The van der Waals surface area contributed by atoms with Crippen LogP contribution >= 0.6 is 0 Å². The maximum Gasteiger partial charge on any atom is 0.254 e. The van der Waals surface area contributed by atoms with Crippen molar-refractivity contribution in [2.75, 3.05) is 13.1 Å². The first-order valence-corrected chi connectivity index (χ1v) is 10.5. The van der Waals surface area contributed by atoms with Crippen molar-refractivity contribution >= 4 is 17.7 Å². The highest BCUT2D eigenvalue weighted by atomic mass is 16.2. The molecule has 0 aromatic heterocycles. The van der Waals surface area contributed by atoms with Gasteiger partial charge in [-0.05, 0) is 42.5 Å². The number of primary amides is 1. The number of rotatable bonds is 3. The van der Waals surface area contributed by atoms with E-state index in [1.165, 1.54) is 0 Å². The van der Waals surface area contributed by atoms with Crippen LogP contribution in [0.3, 0.4) is 0 Å². The molecule has 30 heavy (non-hydrogen) atoms. The number of hydrogen-bond acceptors (Lipinski definition) is 3. The summed E-state index contributed by atoms with van der Waals surface area (Å²) in [6, 6.07) is 14.8. The Morgan fingerprint density at radius 2 is 1.57 bits per heavy atom. The third-order valence-electron chi connectivity index (χ3n) is 6.37. The third-order valence-corrected chi connectivity index (χ3v) is 6.37. The number of nitrogens with two attached hydrogens (primary N) is 1. The van der Waals surface area contributed by atoms with E-state index in [2.05, 4.69) is 0 Å². The van der Waals surface area contributed by atoms with Gasteiger partial charge in [-0.1, -0.05) is 42.5 Å². The quantitative estimate of drug-likeness (QED) is 0.850. The van der Waals surface area contributed by atoms with Crippen molar-refractivity contribution in [3.05, 3.63) is 70.8 Å². The van der Waals surface area contributed by atoms with Gasteiger partial charge in [0.2, 0.25) is 11.8 Å². The van der Waals surface area contributed by atoms with Crippen LogP contribution in [0.25, 0.3) is 0 Å². The number of benzene rings is 2. The Hall–Kier alpha value is -3.15. The lowest BCUT2D eigenvalue weighted by Gasteiger charge is -2.39. The van der Waals surface area contributed by atoms with Crippen molar-refractivity contribution in [1.29, 1.82) is 0 Å². The van der Waals surface area contributed by atoms with E-state index in [1.54, 1.807) is 4.90 Å². The van der Waals surface area contributed by atoms with Crippen LogP contribution in [-0.2, 0) is 22.6 Å². The fourth-order valence-corrected chi connectivity index (χ4v) is 4.56. The second kappa shape index (κ2) is 8.30. The van der Waals surface area contributed by atoms with Gasteiger partial charge in [0, 0.05) is 37.5 Å². The van der Waals surface area contributed by atoms with Crippen LogP contribution in [0.1, 0.15) is 39.9 Å². The van der Waals surface area contributed by atoms with Crippen molar-refractivity contribution < 1.29 is 14.4 Å². The minimum atomic E-state index is -0.612. The molecule has 0 saturated carbocycles. The second-order valence-electron chi connectivity index (χ2n) is 8.24. The van der Waals surface area contributed by atoms with Gasteiger partial charge in [0.1, 0.15) is 6.04 Å². The molecule has 2 aliphatic rings. The molecule has 3 amide bonds. The summed E-state index contributed by atoms with van der Waals surface area (Å²) in [6.07, 6.45) is 1.65. The zero-order valence-electron chi connectivity index (χ0n) is 17.2. The SMILES string of the molecule is Cc1ccccc1C(=O)N1CCC(C(=O)N2Cc3ccccc3CC2C(N)=O)CC1. The van der Waals surface area contributed by atoms with E-state index in [-0.39, 0.29) is 17.7 Å². The number of hydrogen-bond donors (Lipinski definition) is 1. The topological polar surface area (TPSA) is 83.7 Å². The zero-order chi connectivity index (χ0) is 21.3. The molecule has 2 aromatic carbocycles. The van der Waals surface area contributed by atoms with Gasteiger partial charge >= 0.3 is 0 Å². The zero-order valence-corrected chi connectivity index (χ0v) is 17.2. The lowest BCUT2D eigenvalue weighted by molar-refractivity contribution is -0.145. The summed E-state index contributed by atoms with van der Waals surface area (Å²) in [7, 11) is 0. The molecule has 1 fully saturated rings. The van der Waals surface area contributed by atoms with Gasteiger partial charge in [-0.25, -0.2) is 0 Å². The summed E-state index contributed by atoms with van der Waals surface area (Å²) in [5, 5.41) is 0. The van der Waals surface area contributed by atoms with Crippen molar-refractivity contribution in [2.24, 2.45) is 11.7 Å². The molecular weight excluding hydrogens is 378 g/mol. The first-order chi connectivity index (χ1) is 14.5. The molecule has 2 aromatic rings. The van der Waals surface area contributed by atoms with Crippen LogP contribution in [0.5, 0.6) is 0 Å². The number of piperidine rings is 1. The van der Waals surface area contributed by atoms with Crippen LogP contribution in [0.4, 0.5) is 0 Å². The molecule has 0 aliphatic carbocycles. The summed E-state index contributed by atoms with van der Waals surface area (Å²) < 4.78 is 0. The van der Waals surface area contributed by atoms with Crippen LogP contribution in [0, 0.1) is 12.8 Å². The summed E-state index contributed by atoms with van der Waals surface area (Å²) >= 11 is 0. The fourth-order valence-electron chi connectivity index (χ4n) is 4.56. The molecule has 2 aliphatic heterocycles. The highest BCUT2D eigenvalue weighted by Crippen LogP contribution is 2.28. The molecule has 1 unspecified atom stereocenters. The highest BCUT2D eigenvalue weighted by Gasteiger charge is 2.38. The standard InChI is InChI=1S/C24H27N3O3/c1-16-6-2-5-9-20(16)24(30)26-12-10-17(11-13-26)23(29)27-15-19-8-4-3-7-18(19)14-21(27)22(25)28/h2-9,17,21H,10-15H2,1H3,(H2,25,28). The number of nitrogens with zero attached hydrogens (tertiary/aromatic N) is 2. The Bertz CT molecular complexity index is 979. The number of likely N-dealkylation sites (tertiary alicyclic amines) is 1. The number of fused-ring (bicyclic) bond motifs is 1. The van der Waals surface area contributed by atoms with Gasteiger partial charge in [-0.15, -0.1) is 0 Å². The van der Waals surface area contributed by atoms with E-state index in [4.69, 9.17) is 5.73 Å². The number of carbonyl (C=O) groups excluding carboxylic acids is 3. The Labute approximate surface area is 176 Å². The molecular formula is C24H27N3O3. The molecule has 156 valence electrons. The van der Waals surface area contributed by atoms with E-state index < -0.39 is 11.9 Å². The minimum Gasteiger partial charge on any atom is -0.368 e. The van der Waals surface area contributed by atoms with Crippen molar-refractivity contribution in [2.45, 2.75) is 38.8 Å². The Morgan fingerprint density at radius 3 is 2.23 bits per heavy atom. The van der Waals surface area contributed by atoms with E-state index in [1.807, 2.05) is 60.4 Å². The van der Waals surface area contributed by atoms with Gasteiger partial charge in [-0.3, -0.25) is 14.4 Å². The molecule has 2 heterocycles. The average Bonchev–Trinajstić information content (AvgIpc) is 2.77. The Balaban J connectivity index is 1.44. The molecule has 0 bridgehead atoms. The third kappa shape index (κ3) is 3.82. The Kier molecular flexibility index (Phi) is 5.57. The predicted molar refractivity (Wildman–Crippen MR) is 113 cm³/mol. The average molecular weight is 405 g/mol. The lowest BCUT2D eigenvalue weighted by Crippen LogP contribution is -2.54. The van der Waals surface area contributed by atoms with Gasteiger partial charge in [-0.2, -0.15) is 0 Å². The van der Waals surface area contributed by atoms with Crippen molar-refractivity contribution in [3.63, 3.8) is 0 Å². The normalized spacial score (nSPS) is 19.3. The molecule has 1 saturated heterocycles. The lowest BCUT2D eigenvalue weighted by atomic mass is 9.89. The van der Waals surface area contributed by atoms with Gasteiger partial charge in [0.05, 0.1) is 0 Å². The first-order valence-electron chi connectivity index (χ1n) is 10.5. The molecule has 4 rings (SSSR count). The van der Waals surface area contributed by atoms with Crippen LogP contribution < -0.4 is 5.73 Å². The van der Waals surface area contributed by atoms with Crippen LogP contribution in [0.2, 0.25) is 0 Å². The highest BCUT2D eigenvalue weighted by molar-refractivity contribution is 5.96. The summed E-state index contributed by atoms with van der Waals surface area (Å²) in [6.45, 7) is 3.41. The second-order valence-corrected chi connectivity index (χ2v) is 8.24. The van der Waals surface area contributed by atoms with E-state index in [0.29, 0.717) is 44.5 Å². The number of amides is 3. The molecule has 0 radical (unpaired) electrons. The van der Waals surface area contributed by atoms with Gasteiger partial charge in [0.25, 0.3) is 5.91 Å².